The van der Waals surface area contributed by atoms with Gasteiger partial charge >= 0.3 is 6.03 Å². The van der Waals surface area contributed by atoms with E-state index in [9.17, 15) is 4.79 Å². The largest absolute Gasteiger partial charge is 0.336 e. The minimum atomic E-state index is 0.0998. The molecule has 0 aromatic carbocycles. The van der Waals surface area contributed by atoms with Crippen LogP contribution in [-0.2, 0) is 6.54 Å². The molecular weight excluding hydrogens is 278 g/mol. The number of hydrogen-bond acceptors (Lipinski definition) is 3. The zero-order valence-corrected chi connectivity index (χ0v) is 12.6. The summed E-state index contributed by atoms with van der Waals surface area (Å²) in [6.07, 6.45) is 6.19. The number of carbonyl (C=O) groups excluding carboxylic acids is 1. The number of fused-ring (bicyclic) bond motifs is 1. The van der Waals surface area contributed by atoms with Crippen molar-refractivity contribution in [3.05, 3.63) is 36.2 Å². The molecule has 2 saturated heterocycles. The Morgan fingerprint density at radius 2 is 2.27 bits per heavy atom. The third kappa shape index (κ3) is 2.43. The predicted molar refractivity (Wildman–Crippen MR) is 83.6 cm³/mol. The summed E-state index contributed by atoms with van der Waals surface area (Å²) < 4.78 is 1.92. The summed E-state index contributed by atoms with van der Waals surface area (Å²) in [7, 11) is 0. The molecular formula is C16H21N5O. The van der Waals surface area contributed by atoms with Crippen molar-refractivity contribution in [1.29, 1.82) is 0 Å². The van der Waals surface area contributed by atoms with E-state index < -0.39 is 0 Å². The first-order valence-electron chi connectivity index (χ1n) is 7.99. The monoisotopic (exact) mass is 299 g/mol. The van der Waals surface area contributed by atoms with Crippen LogP contribution in [0.25, 0.3) is 5.52 Å². The number of carbonyl (C=O) groups is 1. The molecule has 2 aliphatic rings. The Hall–Kier alpha value is -2.08. The maximum atomic E-state index is 11.9. The molecule has 2 aromatic rings. The summed E-state index contributed by atoms with van der Waals surface area (Å²) in [5, 5.41) is 7.31. The number of aromatic nitrogens is 2. The standard InChI is InChI=1S/C16H21N5O/c22-16-17-6-9-20(16)14-4-3-7-19(12-14)11-13-10-18-21-8-2-1-5-15(13)21/h1-2,5,8,10,14H,3-4,6-7,9,11-12H2,(H,17,22). The van der Waals surface area contributed by atoms with Crippen LogP contribution in [0.3, 0.4) is 0 Å². The number of amides is 2. The van der Waals surface area contributed by atoms with E-state index in [1.54, 1.807) is 0 Å². The number of urea groups is 1. The zero-order chi connectivity index (χ0) is 14.9. The van der Waals surface area contributed by atoms with Crippen molar-refractivity contribution < 1.29 is 4.79 Å². The van der Waals surface area contributed by atoms with E-state index in [0.717, 1.165) is 45.6 Å². The fraction of sp³-hybridized carbons (Fsp3) is 0.500. The minimum absolute atomic E-state index is 0.0998. The lowest BCUT2D eigenvalue weighted by Gasteiger charge is -2.36. The van der Waals surface area contributed by atoms with Crippen LogP contribution in [0, 0.1) is 0 Å². The van der Waals surface area contributed by atoms with Crippen molar-refractivity contribution in [1.82, 2.24) is 24.7 Å². The molecule has 2 amide bonds. The smallest absolute Gasteiger partial charge is 0.317 e. The quantitative estimate of drug-likeness (QED) is 0.930. The number of likely N-dealkylation sites (tertiary alicyclic amines) is 1. The van der Waals surface area contributed by atoms with Crippen molar-refractivity contribution in [2.75, 3.05) is 26.2 Å². The average molecular weight is 299 g/mol. The van der Waals surface area contributed by atoms with Gasteiger partial charge in [-0.2, -0.15) is 5.10 Å². The molecule has 2 fully saturated rings. The molecule has 0 radical (unpaired) electrons. The van der Waals surface area contributed by atoms with Gasteiger partial charge in [-0.15, -0.1) is 0 Å². The van der Waals surface area contributed by atoms with Gasteiger partial charge in [0.05, 0.1) is 11.7 Å². The highest BCUT2D eigenvalue weighted by molar-refractivity contribution is 5.76. The Balaban J connectivity index is 1.47. The SMILES string of the molecule is O=C1NCCN1C1CCCN(Cc2cnn3ccccc23)C1. The van der Waals surface area contributed by atoms with Crippen LogP contribution in [0.4, 0.5) is 4.79 Å². The molecule has 1 N–H and O–H groups in total. The summed E-state index contributed by atoms with van der Waals surface area (Å²) in [6, 6.07) is 6.60. The number of nitrogens with one attached hydrogen (secondary N) is 1. The highest BCUT2D eigenvalue weighted by Crippen LogP contribution is 2.20. The van der Waals surface area contributed by atoms with Crippen LogP contribution < -0.4 is 5.32 Å². The van der Waals surface area contributed by atoms with Crippen molar-refractivity contribution in [3.8, 4) is 0 Å². The molecule has 4 heterocycles. The second-order valence-electron chi connectivity index (χ2n) is 6.16. The Morgan fingerprint density at radius 3 is 3.14 bits per heavy atom. The first-order valence-corrected chi connectivity index (χ1v) is 7.99. The first-order chi connectivity index (χ1) is 10.8. The van der Waals surface area contributed by atoms with Gasteiger partial charge < -0.3 is 10.2 Å². The van der Waals surface area contributed by atoms with Crippen LogP contribution in [0.2, 0.25) is 0 Å². The number of nitrogens with zero attached hydrogens (tertiary/aromatic N) is 4. The molecule has 2 aromatic heterocycles. The fourth-order valence-electron chi connectivity index (χ4n) is 3.61. The molecule has 1 unspecified atom stereocenters. The lowest BCUT2D eigenvalue weighted by molar-refractivity contribution is 0.122. The molecule has 2 aliphatic heterocycles. The van der Waals surface area contributed by atoms with Gasteiger partial charge in [0.15, 0.2) is 0 Å². The van der Waals surface area contributed by atoms with Gasteiger partial charge in [-0.1, -0.05) is 6.07 Å². The van der Waals surface area contributed by atoms with E-state index in [1.807, 2.05) is 33.9 Å². The molecule has 4 rings (SSSR count). The number of pyridine rings is 1. The van der Waals surface area contributed by atoms with Gasteiger partial charge in [-0.25, -0.2) is 9.31 Å². The molecule has 0 bridgehead atoms. The van der Waals surface area contributed by atoms with Crippen LogP contribution in [0.5, 0.6) is 0 Å². The zero-order valence-electron chi connectivity index (χ0n) is 12.6. The van der Waals surface area contributed by atoms with Gasteiger partial charge in [0.1, 0.15) is 0 Å². The van der Waals surface area contributed by atoms with Crippen LogP contribution in [-0.4, -0.2) is 57.7 Å². The van der Waals surface area contributed by atoms with Crippen LogP contribution in [0.15, 0.2) is 30.6 Å². The second kappa shape index (κ2) is 5.61. The lowest BCUT2D eigenvalue weighted by Crippen LogP contribution is -2.48. The fourth-order valence-corrected chi connectivity index (χ4v) is 3.61. The summed E-state index contributed by atoms with van der Waals surface area (Å²) in [5.74, 6) is 0. The van der Waals surface area contributed by atoms with E-state index in [-0.39, 0.29) is 6.03 Å². The topological polar surface area (TPSA) is 52.9 Å². The van der Waals surface area contributed by atoms with E-state index >= 15 is 0 Å². The normalized spacial score (nSPS) is 23.2. The average Bonchev–Trinajstić information content (AvgIpc) is 3.15. The van der Waals surface area contributed by atoms with Crippen LogP contribution in [0.1, 0.15) is 18.4 Å². The number of hydrogen-bond donors (Lipinski definition) is 1. The third-order valence-electron chi connectivity index (χ3n) is 4.71. The second-order valence-corrected chi connectivity index (χ2v) is 6.16. The lowest BCUT2D eigenvalue weighted by atomic mass is 10.0. The summed E-state index contributed by atoms with van der Waals surface area (Å²) in [4.78, 5) is 16.3. The highest BCUT2D eigenvalue weighted by Gasteiger charge is 2.31. The highest BCUT2D eigenvalue weighted by atomic mass is 16.2. The van der Waals surface area contributed by atoms with Gasteiger partial charge in [-0.3, -0.25) is 4.90 Å². The summed E-state index contributed by atoms with van der Waals surface area (Å²) in [6.45, 7) is 4.57. The van der Waals surface area contributed by atoms with Crippen molar-refractivity contribution in [2.45, 2.75) is 25.4 Å². The van der Waals surface area contributed by atoms with E-state index in [2.05, 4.69) is 21.4 Å². The van der Waals surface area contributed by atoms with Gasteiger partial charge in [-0.05, 0) is 31.5 Å². The molecule has 6 heteroatoms. The van der Waals surface area contributed by atoms with Gasteiger partial charge in [0.25, 0.3) is 0 Å². The minimum Gasteiger partial charge on any atom is -0.336 e. The third-order valence-corrected chi connectivity index (χ3v) is 4.71. The van der Waals surface area contributed by atoms with Crippen molar-refractivity contribution in [2.24, 2.45) is 0 Å². The maximum absolute atomic E-state index is 11.9. The molecule has 1 atom stereocenters. The number of piperidine rings is 1. The predicted octanol–water partition coefficient (Wildman–Crippen LogP) is 1.32. The summed E-state index contributed by atoms with van der Waals surface area (Å²) in [5.41, 5.74) is 2.43. The molecule has 6 nitrogen and oxygen atoms in total. The Morgan fingerprint density at radius 1 is 1.32 bits per heavy atom. The number of rotatable bonds is 3. The van der Waals surface area contributed by atoms with E-state index in [4.69, 9.17) is 0 Å². The Kier molecular flexibility index (Phi) is 3.46. The van der Waals surface area contributed by atoms with E-state index in [0.29, 0.717) is 6.04 Å². The molecule has 0 spiro atoms. The summed E-state index contributed by atoms with van der Waals surface area (Å²) >= 11 is 0. The molecule has 0 aliphatic carbocycles. The van der Waals surface area contributed by atoms with Crippen molar-refractivity contribution in [3.63, 3.8) is 0 Å². The van der Waals surface area contributed by atoms with Gasteiger partial charge in [0, 0.05) is 44.0 Å². The Bertz CT molecular complexity index is 682. The maximum Gasteiger partial charge on any atom is 0.317 e. The Labute approximate surface area is 129 Å². The molecule has 0 saturated carbocycles. The van der Waals surface area contributed by atoms with Gasteiger partial charge in [0.2, 0.25) is 0 Å². The van der Waals surface area contributed by atoms with Crippen LogP contribution >= 0.6 is 0 Å². The first kappa shape index (κ1) is 13.6. The molecule has 116 valence electrons. The van der Waals surface area contributed by atoms with Crippen molar-refractivity contribution >= 4 is 11.5 Å². The molecule has 22 heavy (non-hydrogen) atoms. The van der Waals surface area contributed by atoms with E-state index in [1.165, 1.54) is 11.1 Å².